The molecule has 0 radical (unpaired) electrons. The van der Waals surface area contributed by atoms with Gasteiger partial charge in [0.05, 0.1) is 5.60 Å². The molecule has 3 fully saturated rings. The quantitative estimate of drug-likeness (QED) is 0.626. The minimum atomic E-state index is -0.424. The average molecular weight is 288 g/mol. The first-order chi connectivity index (χ1) is 9.88. The van der Waals surface area contributed by atoms with Crippen molar-refractivity contribution >= 4 is 0 Å². The van der Waals surface area contributed by atoms with E-state index in [4.69, 9.17) is 0 Å². The SMILES string of the molecule is C[C@]12CC=CC[C@@H]1CC[C@@H]1[C@H]2CC[C@@]2(C)[C@H]1CC[C@]2(C)O. The molecule has 0 aromatic heterocycles. The lowest BCUT2D eigenvalue weighted by Gasteiger charge is -2.60. The van der Waals surface area contributed by atoms with Crippen LogP contribution >= 0.6 is 0 Å². The fourth-order valence-corrected chi connectivity index (χ4v) is 7.08. The zero-order valence-electron chi connectivity index (χ0n) is 14.1. The Balaban J connectivity index is 1.68. The highest BCUT2D eigenvalue weighted by molar-refractivity contribution is 5.14. The Morgan fingerprint density at radius 1 is 0.905 bits per heavy atom. The first-order valence-corrected chi connectivity index (χ1v) is 9.26. The third-order valence-electron chi connectivity index (χ3n) is 8.77. The largest absolute Gasteiger partial charge is 0.390 e. The summed E-state index contributed by atoms with van der Waals surface area (Å²) in [6, 6.07) is 0. The van der Waals surface area contributed by atoms with Gasteiger partial charge in [-0.3, -0.25) is 0 Å². The second-order valence-corrected chi connectivity index (χ2v) is 9.34. The Bertz CT molecular complexity index is 464. The maximum absolute atomic E-state index is 10.9. The maximum Gasteiger partial charge on any atom is 0.0675 e. The molecule has 0 saturated heterocycles. The number of allylic oxidation sites excluding steroid dienone is 2. The molecule has 118 valence electrons. The zero-order chi connectivity index (χ0) is 14.9. The molecule has 7 atom stereocenters. The third-order valence-corrected chi connectivity index (χ3v) is 8.77. The van der Waals surface area contributed by atoms with Crippen LogP contribution in [0, 0.1) is 34.5 Å². The van der Waals surface area contributed by atoms with Gasteiger partial charge in [-0.15, -0.1) is 0 Å². The van der Waals surface area contributed by atoms with Crippen LogP contribution in [0.2, 0.25) is 0 Å². The summed E-state index contributed by atoms with van der Waals surface area (Å²) in [6.45, 7) is 7.11. The summed E-state index contributed by atoms with van der Waals surface area (Å²) in [5.74, 6) is 3.49. The van der Waals surface area contributed by atoms with Crippen molar-refractivity contribution in [1.29, 1.82) is 0 Å². The fraction of sp³-hybridized carbons (Fsp3) is 0.900. The molecule has 4 rings (SSSR count). The lowest BCUT2D eigenvalue weighted by atomic mass is 9.45. The molecule has 0 bridgehead atoms. The molecule has 0 spiro atoms. The van der Waals surface area contributed by atoms with Gasteiger partial charge in [0.1, 0.15) is 0 Å². The molecule has 1 N–H and O–H groups in total. The van der Waals surface area contributed by atoms with E-state index in [9.17, 15) is 5.11 Å². The highest BCUT2D eigenvalue weighted by Gasteiger charge is 2.62. The van der Waals surface area contributed by atoms with Crippen LogP contribution in [-0.2, 0) is 0 Å². The van der Waals surface area contributed by atoms with Crippen LogP contribution in [0.15, 0.2) is 12.2 Å². The van der Waals surface area contributed by atoms with E-state index in [0.717, 1.165) is 30.1 Å². The van der Waals surface area contributed by atoms with Gasteiger partial charge in [0.2, 0.25) is 0 Å². The van der Waals surface area contributed by atoms with E-state index in [1.807, 2.05) is 0 Å². The highest BCUT2D eigenvalue weighted by atomic mass is 16.3. The molecule has 4 aliphatic rings. The van der Waals surface area contributed by atoms with Crippen molar-refractivity contribution in [3.63, 3.8) is 0 Å². The van der Waals surface area contributed by atoms with E-state index in [1.165, 1.54) is 44.9 Å². The van der Waals surface area contributed by atoms with Gasteiger partial charge in [-0.2, -0.15) is 0 Å². The number of aliphatic hydroxyl groups is 1. The van der Waals surface area contributed by atoms with Crippen LogP contribution < -0.4 is 0 Å². The molecular weight excluding hydrogens is 256 g/mol. The Morgan fingerprint density at radius 3 is 2.48 bits per heavy atom. The zero-order valence-corrected chi connectivity index (χ0v) is 14.1. The van der Waals surface area contributed by atoms with E-state index in [-0.39, 0.29) is 5.41 Å². The molecule has 0 amide bonds. The third kappa shape index (κ3) is 1.73. The summed E-state index contributed by atoms with van der Waals surface area (Å²) in [4.78, 5) is 0. The average Bonchev–Trinajstić information content (AvgIpc) is 2.69. The highest BCUT2D eigenvalue weighted by Crippen LogP contribution is 2.67. The van der Waals surface area contributed by atoms with Gasteiger partial charge in [0.25, 0.3) is 0 Å². The van der Waals surface area contributed by atoms with Gasteiger partial charge in [0, 0.05) is 0 Å². The van der Waals surface area contributed by atoms with Crippen molar-refractivity contribution < 1.29 is 5.11 Å². The van der Waals surface area contributed by atoms with Crippen molar-refractivity contribution in [3.8, 4) is 0 Å². The van der Waals surface area contributed by atoms with Crippen LogP contribution in [0.25, 0.3) is 0 Å². The van der Waals surface area contributed by atoms with Gasteiger partial charge >= 0.3 is 0 Å². The van der Waals surface area contributed by atoms with Gasteiger partial charge < -0.3 is 5.11 Å². The van der Waals surface area contributed by atoms with Crippen molar-refractivity contribution in [2.45, 2.75) is 77.7 Å². The number of fused-ring (bicyclic) bond motifs is 5. The molecule has 0 aliphatic heterocycles. The van der Waals surface area contributed by atoms with E-state index >= 15 is 0 Å². The van der Waals surface area contributed by atoms with Crippen molar-refractivity contribution in [2.75, 3.05) is 0 Å². The van der Waals surface area contributed by atoms with E-state index in [2.05, 4.69) is 32.9 Å². The Hall–Kier alpha value is -0.300. The standard InChI is InChI=1S/C20H32O/c1-18-11-5-4-6-14(18)7-8-15-16(18)9-12-19(2)17(15)10-13-20(19,3)21/h4-5,14-17,21H,6-13H2,1-3H3/t14-,15-,16-,17+,18+,19+,20+/m1/s1. The lowest BCUT2D eigenvalue weighted by molar-refractivity contribution is -0.138. The monoisotopic (exact) mass is 288 g/mol. The van der Waals surface area contributed by atoms with Gasteiger partial charge in [-0.25, -0.2) is 0 Å². The molecule has 0 heterocycles. The Labute approximate surface area is 130 Å². The number of hydrogen-bond acceptors (Lipinski definition) is 1. The number of hydrogen-bond donors (Lipinski definition) is 1. The Morgan fingerprint density at radius 2 is 1.67 bits per heavy atom. The minimum absolute atomic E-state index is 0.182. The minimum Gasteiger partial charge on any atom is -0.390 e. The summed E-state index contributed by atoms with van der Waals surface area (Å²) < 4.78 is 0. The second kappa shape index (κ2) is 4.37. The fourth-order valence-electron chi connectivity index (χ4n) is 7.08. The second-order valence-electron chi connectivity index (χ2n) is 9.34. The summed E-state index contributed by atoms with van der Waals surface area (Å²) in [6.07, 6.45) is 15.3. The summed E-state index contributed by atoms with van der Waals surface area (Å²) in [5, 5.41) is 10.9. The van der Waals surface area contributed by atoms with Gasteiger partial charge in [-0.05, 0) is 92.8 Å². The van der Waals surface area contributed by atoms with E-state index < -0.39 is 5.60 Å². The van der Waals surface area contributed by atoms with Crippen molar-refractivity contribution in [2.24, 2.45) is 34.5 Å². The molecule has 3 saturated carbocycles. The molecule has 1 nitrogen and oxygen atoms in total. The molecule has 4 aliphatic carbocycles. The van der Waals surface area contributed by atoms with Crippen molar-refractivity contribution in [3.05, 3.63) is 12.2 Å². The van der Waals surface area contributed by atoms with Gasteiger partial charge in [0.15, 0.2) is 0 Å². The topological polar surface area (TPSA) is 20.2 Å². The molecular formula is C20H32O. The smallest absolute Gasteiger partial charge is 0.0675 e. The predicted molar refractivity (Wildman–Crippen MR) is 86.9 cm³/mol. The van der Waals surface area contributed by atoms with Gasteiger partial charge in [-0.1, -0.05) is 26.0 Å². The molecule has 0 aromatic rings. The van der Waals surface area contributed by atoms with Crippen LogP contribution in [0.3, 0.4) is 0 Å². The maximum atomic E-state index is 10.9. The summed E-state index contributed by atoms with van der Waals surface area (Å²) in [7, 11) is 0. The normalized spacial score (nSPS) is 59.2. The summed E-state index contributed by atoms with van der Waals surface area (Å²) >= 11 is 0. The lowest BCUT2D eigenvalue weighted by Crippen LogP contribution is -2.55. The molecule has 1 heteroatoms. The first kappa shape index (κ1) is 14.3. The van der Waals surface area contributed by atoms with Crippen molar-refractivity contribution in [1.82, 2.24) is 0 Å². The Kier molecular flexibility index (Phi) is 2.98. The predicted octanol–water partition coefficient (Wildman–Crippen LogP) is 4.95. The van der Waals surface area contributed by atoms with E-state index in [1.54, 1.807) is 0 Å². The van der Waals surface area contributed by atoms with Crippen LogP contribution in [0.4, 0.5) is 0 Å². The summed E-state index contributed by atoms with van der Waals surface area (Å²) in [5.41, 5.74) is 0.308. The van der Waals surface area contributed by atoms with Crippen LogP contribution in [0.1, 0.15) is 72.1 Å². The molecule has 0 aromatic carbocycles. The molecule has 0 unspecified atom stereocenters. The van der Waals surface area contributed by atoms with Crippen LogP contribution in [-0.4, -0.2) is 10.7 Å². The first-order valence-electron chi connectivity index (χ1n) is 9.26. The number of rotatable bonds is 0. The van der Waals surface area contributed by atoms with Crippen LogP contribution in [0.5, 0.6) is 0 Å². The molecule has 21 heavy (non-hydrogen) atoms. The van der Waals surface area contributed by atoms with E-state index in [0.29, 0.717) is 5.41 Å².